The molecule has 1 aromatic rings. The van der Waals surface area contributed by atoms with Crippen LogP contribution in [-0.2, 0) is 6.42 Å². The maximum Gasteiger partial charge on any atom is 0.0481 e. The predicted octanol–water partition coefficient (Wildman–Crippen LogP) is 2.85. The Morgan fingerprint density at radius 3 is 2.56 bits per heavy atom. The van der Waals surface area contributed by atoms with E-state index in [9.17, 15) is 0 Å². The molecule has 0 radical (unpaired) electrons. The molecule has 0 fully saturated rings. The third kappa shape index (κ3) is 2.76. The van der Waals surface area contributed by atoms with E-state index in [4.69, 9.17) is 0 Å². The average Bonchev–Trinajstić information content (AvgIpc) is 2.65. The van der Waals surface area contributed by atoms with Crippen LogP contribution in [0.5, 0.6) is 0 Å². The fourth-order valence-corrected chi connectivity index (χ4v) is 3.20. The number of hydrogen-bond acceptors (Lipinski definition) is 2. The van der Waals surface area contributed by atoms with Gasteiger partial charge in [0.1, 0.15) is 0 Å². The summed E-state index contributed by atoms with van der Waals surface area (Å²) in [5.74, 6) is 0. The van der Waals surface area contributed by atoms with Crippen molar-refractivity contribution in [3.63, 3.8) is 0 Å². The molecule has 0 saturated heterocycles. The van der Waals surface area contributed by atoms with Gasteiger partial charge in [0.05, 0.1) is 0 Å². The average molecular weight is 246 g/mol. The maximum atomic E-state index is 3.50. The standard InChI is InChI=1S/C16H26N2/c1-16(2,3)11-18(5)14-10-12-8-6-7-9-13(12)15(14)17-4/h6-9,14-15,17H,10-11H2,1-5H3. The van der Waals surface area contributed by atoms with E-state index in [1.165, 1.54) is 11.1 Å². The van der Waals surface area contributed by atoms with Gasteiger partial charge in [-0.1, -0.05) is 45.0 Å². The molecular weight excluding hydrogens is 220 g/mol. The Balaban J connectivity index is 2.17. The van der Waals surface area contributed by atoms with Crippen LogP contribution in [-0.4, -0.2) is 31.6 Å². The second-order valence-corrected chi connectivity index (χ2v) is 6.71. The van der Waals surface area contributed by atoms with Crippen molar-refractivity contribution >= 4 is 0 Å². The van der Waals surface area contributed by atoms with Gasteiger partial charge in [0.25, 0.3) is 0 Å². The van der Waals surface area contributed by atoms with E-state index in [0.717, 1.165) is 13.0 Å². The third-order valence-corrected chi connectivity index (χ3v) is 3.80. The molecule has 1 aromatic carbocycles. The summed E-state index contributed by atoms with van der Waals surface area (Å²) in [6.45, 7) is 8.05. The highest BCUT2D eigenvalue weighted by Crippen LogP contribution is 2.34. The molecule has 1 aliphatic rings. The lowest BCUT2D eigenvalue weighted by atomic mass is 9.94. The van der Waals surface area contributed by atoms with E-state index in [2.05, 4.69) is 69.3 Å². The van der Waals surface area contributed by atoms with E-state index in [1.54, 1.807) is 0 Å². The molecular formula is C16H26N2. The quantitative estimate of drug-likeness (QED) is 0.882. The fourth-order valence-electron chi connectivity index (χ4n) is 3.20. The topological polar surface area (TPSA) is 15.3 Å². The summed E-state index contributed by atoms with van der Waals surface area (Å²) in [6.07, 6.45) is 1.16. The van der Waals surface area contributed by atoms with Gasteiger partial charge in [0, 0.05) is 18.6 Å². The molecule has 2 unspecified atom stereocenters. The molecule has 18 heavy (non-hydrogen) atoms. The van der Waals surface area contributed by atoms with Gasteiger partial charge in [-0.2, -0.15) is 0 Å². The zero-order valence-electron chi connectivity index (χ0n) is 12.3. The van der Waals surface area contributed by atoms with Crippen LogP contribution in [0.3, 0.4) is 0 Å². The van der Waals surface area contributed by atoms with Crippen LogP contribution >= 0.6 is 0 Å². The third-order valence-electron chi connectivity index (χ3n) is 3.80. The predicted molar refractivity (Wildman–Crippen MR) is 77.8 cm³/mol. The number of hydrogen-bond donors (Lipinski definition) is 1. The molecule has 2 atom stereocenters. The van der Waals surface area contributed by atoms with E-state index < -0.39 is 0 Å². The van der Waals surface area contributed by atoms with Crippen molar-refractivity contribution in [2.75, 3.05) is 20.6 Å². The summed E-state index contributed by atoms with van der Waals surface area (Å²) in [5.41, 5.74) is 3.33. The highest BCUT2D eigenvalue weighted by atomic mass is 15.2. The molecule has 100 valence electrons. The highest BCUT2D eigenvalue weighted by molar-refractivity contribution is 5.37. The Kier molecular flexibility index (Phi) is 3.79. The van der Waals surface area contributed by atoms with Gasteiger partial charge in [-0.05, 0) is 37.1 Å². The van der Waals surface area contributed by atoms with Gasteiger partial charge in [0.2, 0.25) is 0 Å². The van der Waals surface area contributed by atoms with E-state index >= 15 is 0 Å². The fraction of sp³-hybridized carbons (Fsp3) is 0.625. The number of fused-ring (bicyclic) bond motifs is 1. The molecule has 0 spiro atoms. The Labute approximate surface area is 111 Å². The number of nitrogens with zero attached hydrogens (tertiary/aromatic N) is 1. The summed E-state index contributed by atoms with van der Waals surface area (Å²) in [5, 5.41) is 3.50. The van der Waals surface area contributed by atoms with Gasteiger partial charge in [-0.15, -0.1) is 0 Å². The highest BCUT2D eigenvalue weighted by Gasteiger charge is 2.34. The van der Waals surface area contributed by atoms with Gasteiger partial charge in [-0.25, -0.2) is 0 Å². The Hall–Kier alpha value is -0.860. The van der Waals surface area contributed by atoms with Crippen LogP contribution in [0.4, 0.5) is 0 Å². The van der Waals surface area contributed by atoms with Crippen molar-refractivity contribution in [1.29, 1.82) is 0 Å². The lowest BCUT2D eigenvalue weighted by molar-refractivity contribution is 0.151. The van der Waals surface area contributed by atoms with Crippen molar-refractivity contribution < 1.29 is 0 Å². The van der Waals surface area contributed by atoms with Crippen molar-refractivity contribution in [3.8, 4) is 0 Å². The van der Waals surface area contributed by atoms with Crippen molar-refractivity contribution in [2.24, 2.45) is 5.41 Å². The van der Waals surface area contributed by atoms with Crippen LogP contribution in [0.2, 0.25) is 0 Å². The molecule has 0 saturated carbocycles. The molecule has 0 amide bonds. The summed E-state index contributed by atoms with van der Waals surface area (Å²) >= 11 is 0. The first-order valence-electron chi connectivity index (χ1n) is 6.88. The van der Waals surface area contributed by atoms with Crippen LogP contribution in [0, 0.1) is 5.41 Å². The first kappa shape index (κ1) is 13.6. The van der Waals surface area contributed by atoms with E-state index in [-0.39, 0.29) is 0 Å². The Morgan fingerprint density at radius 2 is 1.94 bits per heavy atom. The molecule has 0 aromatic heterocycles. The largest absolute Gasteiger partial charge is 0.312 e. The molecule has 0 heterocycles. The summed E-state index contributed by atoms with van der Waals surface area (Å²) in [6, 6.07) is 9.87. The number of rotatable bonds is 3. The van der Waals surface area contributed by atoms with Crippen molar-refractivity contribution in [3.05, 3.63) is 35.4 Å². The minimum absolute atomic E-state index is 0.349. The SMILES string of the molecule is CNC1c2ccccc2CC1N(C)CC(C)(C)C. The zero-order chi connectivity index (χ0) is 13.3. The number of likely N-dealkylation sites (N-methyl/N-ethyl adjacent to an activating group) is 2. The Morgan fingerprint density at radius 1 is 1.28 bits per heavy atom. The van der Waals surface area contributed by atoms with Gasteiger partial charge < -0.3 is 10.2 Å². The molecule has 2 heteroatoms. The van der Waals surface area contributed by atoms with Gasteiger partial charge in [0.15, 0.2) is 0 Å². The molecule has 0 bridgehead atoms. The van der Waals surface area contributed by atoms with E-state index in [1.807, 2.05) is 0 Å². The number of nitrogens with one attached hydrogen (secondary N) is 1. The second kappa shape index (κ2) is 5.02. The van der Waals surface area contributed by atoms with Gasteiger partial charge in [-0.3, -0.25) is 0 Å². The summed E-state index contributed by atoms with van der Waals surface area (Å²) < 4.78 is 0. The summed E-state index contributed by atoms with van der Waals surface area (Å²) in [7, 11) is 4.33. The molecule has 2 rings (SSSR count). The minimum atomic E-state index is 0.349. The second-order valence-electron chi connectivity index (χ2n) is 6.71. The first-order valence-corrected chi connectivity index (χ1v) is 6.88. The first-order chi connectivity index (χ1) is 8.42. The molecule has 1 N–H and O–H groups in total. The smallest absolute Gasteiger partial charge is 0.0481 e. The molecule has 1 aliphatic carbocycles. The van der Waals surface area contributed by atoms with Crippen LogP contribution in [0.1, 0.15) is 37.9 Å². The van der Waals surface area contributed by atoms with Gasteiger partial charge >= 0.3 is 0 Å². The molecule has 2 nitrogen and oxygen atoms in total. The Bertz CT molecular complexity index is 406. The summed E-state index contributed by atoms with van der Waals surface area (Å²) in [4.78, 5) is 2.52. The van der Waals surface area contributed by atoms with Crippen molar-refractivity contribution in [2.45, 2.75) is 39.3 Å². The van der Waals surface area contributed by atoms with Crippen molar-refractivity contribution in [1.82, 2.24) is 10.2 Å². The van der Waals surface area contributed by atoms with Crippen LogP contribution in [0.25, 0.3) is 0 Å². The lowest BCUT2D eigenvalue weighted by Crippen LogP contribution is -2.43. The zero-order valence-corrected chi connectivity index (χ0v) is 12.3. The normalized spacial score (nSPS) is 23.4. The van der Waals surface area contributed by atoms with E-state index in [0.29, 0.717) is 17.5 Å². The van der Waals surface area contributed by atoms with Crippen LogP contribution < -0.4 is 5.32 Å². The van der Waals surface area contributed by atoms with Crippen LogP contribution in [0.15, 0.2) is 24.3 Å². The molecule has 0 aliphatic heterocycles. The minimum Gasteiger partial charge on any atom is -0.312 e. The lowest BCUT2D eigenvalue weighted by Gasteiger charge is -2.34. The monoisotopic (exact) mass is 246 g/mol. The maximum absolute atomic E-state index is 3.50. The number of benzene rings is 1.